The smallest absolute Gasteiger partial charge is 0.266 e. The molecule has 148 valence electrons. The fraction of sp³-hybridized carbons (Fsp3) is 0.750. The van der Waals surface area contributed by atoms with Crippen molar-refractivity contribution in [2.45, 2.75) is 51.0 Å². The Kier molecular flexibility index (Phi) is 3.96. The number of hydrogen-bond donors (Lipinski definition) is 0. The maximum absolute atomic E-state index is 13.8. The molecule has 2 fully saturated rings. The lowest BCUT2D eigenvalue weighted by molar-refractivity contribution is 0.0257. The molecule has 0 amide bonds. The van der Waals surface area contributed by atoms with Crippen molar-refractivity contribution in [1.82, 2.24) is 25.0 Å². The number of rotatable bonds is 2. The zero-order chi connectivity index (χ0) is 19.6. The number of sulfone groups is 1. The molecule has 0 saturated carbocycles. The van der Waals surface area contributed by atoms with E-state index in [1.807, 2.05) is 20.8 Å². The Morgan fingerprint density at radius 1 is 1.22 bits per heavy atom. The molecule has 2 aromatic rings. The molecule has 2 aliphatic heterocycles. The second-order valence-corrected chi connectivity index (χ2v) is 10.6. The van der Waals surface area contributed by atoms with Crippen molar-refractivity contribution in [3.05, 3.63) is 5.82 Å². The predicted molar refractivity (Wildman–Crippen MR) is 95.9 cm³/mol. The number of anilines is 1. The highest BCUT2D eigenvalue weighted by molar-refractivity contribution is 7.91. The first-order valence-electron chi connectivity index (χ1n) is 8.92. The second-order valence-electron chi connectivity index (χ2n) is 8.41. The summed E-state index contributed by atoms with van der Waals surface area (Å²) < 4.78 is 52.8. The minimum Gasteiger partial charge on any atom is -0.348 e. The maximum Gasteiger partial charge on any atom is 0.266 e. The number of halogens is 2. The number of hydrogen-bond acceptors (Lipinski definition) is 7. The summed E-state index contributed by atoms with van der Waals surface area (Å²) in [4.78, 5) is 10.6. The average molecular weight is 400 g/mol. The number of nitrogens with zero attached hydrogens (tertiary/aromatic N) is 6. The van der Waals surface area contributed by atoms with Crippen LogP contribution in [0.2, 0.25) is 0 Å². The van der Waals surface area contributed by atoms with E-state index in [4.69, 9.17) is 0 Å². The highest BCUT2D eigenvalue weighted by Crippen LogP contribution is 2.35. The summed E-state index contributed by atoms with van der Waals surface area (Å²) in [6.07, 6.45) is 0.200. The van der Waals surface area contributed by atoms with E-state index in [-0.39, 0.29) is 30.5 Å². The third-order valence-corrected chi connectivity index (χ3v) is 6.75. The molecule has 1 atom stereocenters. The molecular formula is C16H22F2N6O2S. The van der Waals surface area contributed by atoms with Gasteiger partial charge in [-0.2, -0.15) is 0 Å². The zero-order valence-corrected chi connectivity index (χ0v) is 16.3. The highest BCUT2D eigenvalue weighted by atomic mass is 32.2. The third-order valence-electron chi connectivity index (χ3n) is 5.00. The van der Waals surface area contributed by atoms with E-state index in [0.717, 1.165) is 0 Å². The largest absolute Gasteiger partial charge is 0.348 e. The van der Waals surface area contributed by atoms with Gasteiger partial charge in [-0.3, -0.25) is 0 Å². The Morgan fingerprint density at radius 2 is 1.96 bits per heavy atom. The summed E-state index contributed by atoms with van der Waals surface area (Å²) in [7, 11) is -3.11. The molecule has 0 aliphatic carbocycles. The van der Waals surface area contributed by atoms with E-state index in [1.165, 1.54) is 9.58 Å². The van der Waals surface area contributed by atoms with E-state index in [0.29, 0.717) is 29.2 Å². The van der Waals surface area contributed by atoms with Crippen LogP contribution in [0.25, 0.3) is 11.2 Å². The molecule has 4 heterocycles. The quantitative estimate of drug-likeness (QED) is 0.758. The first kappa shape index (κ1) is 18.5. The van der Waals surface area contributed by atoms with Crippen LogP contribution in [0.1, 0.15) is 45.5 Å². The summed E-state index contributed by atoms with van der Waals surface area (Å²) in [5.41, 5.74) is 0.328. The SMILES string of the molecule is CC(C)(C)c1nc(N2CCC(F)(F)C2)c2nnn(C3CCS(=O)(=O)C3)c2n1. The standard InChI is InChI=1S/C16H22F2N6O2S/c1-15(2,3)14-19-12(23-6-5-16(17,18)9-23)11-13(20-14)24(22-21-11)10-4-7-27(25,26)8-10/h10H,4-9H2,1-3H3. The molecule has 2 aliphatic rings. The zero-order valence-electron chi connectivity index (χ0n) is 15.5. The van der Waals surface area contributed by atoms with Crippen molar-refractivity contribution in [1.29, 1.82) is 0 Å². The van der Waals surface area contributed by atoms with Gasteiger partial charge in [0.15, 0.2) is 26.8 Å². The van der Waals surface area contributed by atoms with Gasteiger partial charge < -0.3 is 4.90 Å². The molecule has 0 spiro atoms. The van der Waals surface area contributed by atoms with Gasteiger partial charge in [0.1, 0.15) is 5.82 Å². The normalized spacial score (nSPS) is 24.8. The molecule has 1 unspecified atom stereocenters. The van der Waals surface area contributed by atoms with Crippen LogP contribution in [-0.2, 0) is 15.3 Å². The highest BCUT2D eigenvalue weighted by Gasteiger charge is 2.41. The lowest BCUT2D eigenvalue weighted by Gasteiger charge is -2.22. The summed E-state index contributed by atoms with van der Waals surface area (Å²) in [6, 6.07) is -0.351. The molecule has 0 bridgehead atoms. The van der Waals surface area contributed by atoms with Gasteiger partial charge in [0.2, 0.25) is 0 Å². The lowest BCUT2D eigenvalue weighted by Crippen LogP contribution is -2.27. The van der Waals surface area contributed by atoms with Crippen LogP contribution in [-0.4, -0.2) is 63.9 Å². The average Bonchev–Trinajstić information content (AvgIpc) is 3.21. The molecular weight excluding hydrogens is 378 g/mol. The van der Waals surface area contributed by atoms with Crippen molar-refractivity contribution in [3.63, 3.8) is 0 Å². The number of aromatic nitrogens is 5. The van der Waals surface area contributed by atoms with Gasteiger partial charge in [0.25, 0.3) is 5.92 Å². The summed E-state index contributed by atoms with van der Waals surface area (Å²) in [6.45, 7) is 5.56. The Hall–Kier alpha value is -1.91. The molecule has 2 aromatic heterocycles. The van der Waals surface area contributed by atoms with Crippen LogP contribution in [0.4, 0.5) is 14.6 Å². The van der Waals surface area contributed by atoms with Crippen molar-refractivity contribution >= 4 is 26.8 Å². The van der Waals surface area contributed by atoms with E-state index >= 15 is 0 Å². The minimum atomic E-state index is -3.11. The van der Waals surface area contributed by atoms with E-state index in [2.05, 4.69) is 20.3 Å². The molecule has 8 nitrogen and oxygen atoms in total. The van der Waals surface area contributed by atoms with Gasteiger partial charge in [0.05, 0.1) is 24.1 Å². The van der Waals surface area contributed by atoms with E-state index in [1.54, 1.807) is 0 Å². The lowest BCUT2D eigenvalue weighted by atomic mass is 9.96. The molecule has 0 aromatic carbocycles. The third kappa shape index (κ3) is 3.37. The fourth-order valence-corrected chi connectivity index (χ4v) is 5.19. The monoisotopic (exact) mass is 400 g/mol. The molecule has 2 saturated heterocycles. The van der Waals surface area contributed by atoms with Crippen LogP contribution in [0.3, 0.4) is 0 Å². The van der Waals surface area contributed by atoms with Gasteiger partial charge in [-0.25, -0.2) is 31.8 Å². The van der Waals surface area contributed by atoms with Crippen molar-refractivity contribution in [3.8, 4) is 0 Å². The van der Waals surface area contributed by atoms with Crippen molar-refractivity contribution in [2.75, 3.05) is 29.5 Å². The molecule has 4 rings (SSSR count). The Balaban J connectivity index is 1.86. The Bertz CT molecular complexity index is 998. The van der Waals surface area contributed by atoms with E-state index < -0.39 is 27.7 Å². The first-order chi connectivity index (χ1) is 12.5. The van der Waals surface area contributed by atoms with Gasteiger partial charge in [-0.1, -0.05) is 26.0 Å². The summed E-state index contributed by atoms with van der Waals surface area (Å²) in [5, 5.41) is 8.25. The molecule has 27 heavy (non-hydrogen) atoms. The van der Waals surface area contributed by atoms with Gasteiger partial charge in [0, 0.05) is 18.4 Å². The van der Waals surface area contributed by atoms with E-state index in [9.17, 15) is 17.2 Å². The van der Waals surface area contributed by atoms with Crippen molar-refractivity contribution in [2.24, 2.45) is 0 Å². The summed E-state index contributed by atoms with van der Waals surface area (Å²) >= 11 is 0. The summed E-state index contributed by atoms with van der Waals surface area (Å²) in [5.74, 6) is -1.85. The maximum atomic E-state index is 13.8. The van der Waals surface area contributed by atoms with Crippen LogP contribution in [0.15, 0.2) is 0 Å². The van der Waals surface area contributed by atoms with Gasteiger partial charge in [-0.15, -0.1) is 5.10 Å². The Morgan fingerprint density at radius 3 is 2.52 bits per heavy atom. The minimum absolute atomic E-state index is 0.0164. The van der Waals surface area contributed by atoms with Gasteiger partial charge in [-0.05, 0) is 6.42 Å². The Labute approximate surface area is 155 Å². The molecule has 0 radical (unpaired) electrons. The van der Waals surface area contributed by atoms with Crippen LogP contribution in [0, 0.1) is 0 Å². The molecule has 11 heteroatoms. The molecule has 0 N–H and O–H groups in total. The van der Waals surface area contributed by atoms with Crippen LogP contribution in [0.5, 0.6) is 0 Å². The number of fused-ring (bicyclic) bond motifs is 1. The predicted octanol–water partition coefficient (Wildman–Crippen LogP) is 1.72. The van der Waals surface area contributed by atoms with Gasteiger partial charge >= 0.3 is 0 Å². The number of alkyl halides is 2. The van der Waals surface area contributed by atoms with Crippen LogP contribution < -0.4 is 4.90 Å². The van der Waals surface area contributed by atoms with Crippen LogP contribution >= 0.6 is 0 Å². The fourth-order valence-electron chi connectivity index (χ4n) is 3.50. The first-order valence-corrected chi connectivity index (χ1v) is 10.7. The second kappa shape index (κ2) is 5.79. The topological polar surface area (TPSA) is 93.9 Å². The van der Waals surface area contributed by atoms with Crippen molar-refractivity contribution < 1.29 is 17.2 Å².